The second kappa shape index (κ2) is 27.2. The van der Waals surface area contributed by atoms with Crippen molar-refractivity contribution in [2.24, 2.45) is 85.8 Å². The van der Waals surface area contributed by atoms with Gasteiger partial charge >= 0.3 is 35.8 Å². The number of hydrogen-bond donors (Lipinski definition) is 0. The molecule has 0 aromatic carbocycles. The van der Waals surface area contributed by atoms with Gasteiger partial charge < -0.3 is 55.9 Å². The molecule has 3 aromatic rings. The number of unbranched alkanes of at least 4 members (excludes halogenated alkanes) is 1. The molecule has 9 aliphatic rings. The van der Waals surface area contributed by atoms with Crippen LogP contribution in [0.3, 0.4) is 0 Å². The highest BCUT2D eigenvalue weighted by Crippen LogP contribution is 2.69. The number of ketones is 3. The molecule has 93 heavy (non-hydrogen) atoms. The maximum absolute atomic E-state index is 13.9. The van der Waals surface area contributed by atoms with Gasteiger partial charge in [-0.3, -0.25) is 43.2 Å². The summed E-state index contributed by atoms with van der Waals surface area (Å²) in [5.41, 5.74) is -1.46. The van der Waals surface area contributed by atoms with Crippen LogP contribution in [0.5, 0.6) is 0 Å². The lowest BCUT2D eigenvalue weighted by Gasteiger charge is -2.61. The molecule has 9 fully saturated rings. The number of esters is 6. The van der Waals surface area contributed by atoms with Crippen LogP contribution >= 0.6 is 0 Å². The minimum absolute atomic E-state index is 0.00709. The third-order valence-electron chi connectivity index (χ3n) is 24.1. The van der Waals surface area contributed by atoms with Crippen LogP contribution in [0, 0.1) is 85.8 Å². The van der Waals surface area contributed by atoms with E-state index in [0.717, 1.165) is 29.5 Å². The molecule has 6 heterocycles. The Balaban J connectivity index is 0.000000153. The summed E-state index contributed by atoms with van der Waals surface area (Å²) in [7, 11) is 4.15. The number of Topliss-reactive ketones (excluding diaryl/α,β-unsaturated/α-hetero) is 3. The molecular weight excluding hydrogens is 1200 g/mol. The van der Waals surface area contributed by atoms with E-state index < -0.39 is 111 Å². The summed E-state index contributed by atoms with van der Waals surface area (Å²) in [6, 6.07) is 5.35. The fourth-order valence-corrected chi connectivity index (χ4v) is 19.7. The zero-order valence-corrected chi connectivity index (χ0v) is 55.7. The van der Waals surface area contributed by atoms with E-state index in [1.54, 1.807) is 61.9 Å². The smallest absolute Gasteiger partial charge is 0.310 e. The van der Waals surface area contributed by atoms with Gasteiger partial charge in [0.05, 0.1) is 101 Å². The van der Waals surface area contributed by atoms with Crippen LogP contribution in [-0.4, -0.2) is 113 Å². The predicted molar refractivity (Wildman–Crippen MR) is 329 cm³/mol. The van der Waals surface area contributed by atoms with Crippen molar-refractivity contribution < 1.29 is 99.0 Å². The molecule has 0 radical (unpaired) electrons. The van der Waals surface area contributed by atoms with Gasteiger partial charge in [-0.05, 0) is 141 Å². The number of carbonyl (C=O) groups excluding carboxylic acids is 9. The molecule has 3 aliphatic heterocycles. The number of carbonyl (C=O) groups is 9. The summed E-state index contributed by atoms with van der Waals surface area (Å²) in [4.78, 5) is 119. The van der Waals surface area contributed by atoms with Crippen molar-refractivity contribution in [1.82, 2.24) is 0 Å². The van der Waals surface area contributed by atoms with Gasteiger partial charge in [0.2, 0.25) is 0 Å². The monoisotopic (exact) mass is 1290 g/mol. The molecule has 0 bridgehead atoms. The fraction of sp³-hybridized carbons (Fsp3) is 0.681. The van der Waals surface area contributed by atoms with Gasteiger partial charge in [0.25, 0.3) is 0 Å². The largest absolute Gasteiger partial charge is 0.472 e. The van der Waals surface area contributed by atoms with Gasteiger partial charge in [-0.1, -0.05) is 61.0 Å². The van der Waals surface area contributed by atoms with Gasteiger partial charge in [-0.2, -0.15) is 0 Å². The van der Waals surface area contributed by atoms with Crippen LogP contribution in [0.1, 0.15) is 180 Å². The second-order valence-electron chi connectivity index (χ2n) is 29.1. The molecule has 3 saturated heterocycles. The van der Waals surface area contributed by atoms with E-state index in [1.165, 1.54) is 21.3 Å². The first-order valence-corrected chi connectivity index (χ1v) is 33.3. The average molecular weight is 1300 g/mol. The number of furan rings is 3. The summed E-state index contributed by atoms with van der Waals surface area (Å²) < 4.78 is 65.9. The van der Waals surface area contributed by atoms with E-state index in [4.69, 9.17) is 55.9 Å². The van der Waals surface area contributed by atoms with Crippen LogP contribution in [0.4, 0.5) is 0 Å². The summed E-state index contributed by atoms with van der Waals surface area (Å²) >= 11 is 0. The molecule has 21 heteroatoms. The van der Waals surface area contributed by atoms with Gasteiger partial charge in [-0.25, -0.2) is 0 Å². The molecule has 3 aromatic heterocycles. The predicted octanol–water partition coefficient (Wildman–Crippen LogP) is 11.4. The Morgan fingerprint density at radius 3 is 1.10 bits per heavy atom. The van der Waals surface area contributed by atoms with E-state index in [1.807, 2.05) is 48.5 Å². The minimum atomic E-state index is -0.735. The number of cyclic esters (lactones) is 3. The first kappa shape index (κ1) is 69.1. The Bertz CT molecular complexity index is 3240. The molecule has 0 N–H and O–H groups in total. The SMILES string of the molecule is C=CCO[C@H]1C[C@@H](C(=O)OC)[C@]2(C)CC[C@H]3C(=O)O[C@H](c4ccoc4)C[C@]3(C)C2C1=O.CCCCO[C@H]1C[C@@H](C(=O)OC)[C@]2(C)CC[C@H]3C(=O)O[C@H](c4ccoc4)C[C@]3(C)C2C1=O.CCO[C@H]1C[C@@H](C(=O)OC)[C@]2(C)CC[C@H]3C(=O)O[C@H](c4ccoc4)C[C@]3(C)C2C1=O. The van der Waals surface area contributed by atoms with E-state index in [0.29, 0.717) is 83.8 Å². The third-order valence-corrected chi connectivity index (χ3v) is 24.1. The molecule has 12 rings (SSSR count). The molecule has 3 unspecified atom stereocenters. The van der Waals surface area contributed by atoms with Gasteiger partial charge in [0, 0.05) is 47.7 Å². The number of fused-ring (bicyclic) bond motifs is 9. The zero-order chi connectivity index (χ0) is 67.2. The molecule has 6 saturated carbocycles. The highest BCUT2D eigenvalue weighted by atomic mass is 16.6. The van der Waals surface area contributed by atoms with Crippen molar-refractivity contribution >= 4 is 53.2 Å². The molecule has 21 atom stereocenters. The summed E-state index contributed by atoms with van der Waals surface area (Å²) in [5.74, 6) is -5.95. The maximum atomic E-state index is 13.9. The quantitative estimate of drug-likeness (QED) is 0.0591. The van der Waals surface area contributed by atoms with Crippen molar-refractivity contribution in [3.8, 4) is 0 Å². The van der Waals surface area contributed by atoms with Crippen molar-refractivity contribution in [3.63, 3.8) is 0 Å². The topological polar surface area (TPSA) is 276 Å². The van der Waals surface area contributed by atoms with E-state index >= 15 is 0 Å². The Labute approximate surface area is 544 Å². The Morgan fingerprint density at radius 1 is 0.495 bits per heavy atom. The molecule has 0 spiro atoms. The lowest BCUT2D eigenvalue weighted by Crippen LogP contribution is -2.64. The fourth-order valence-electron chi connectivity index (χ4n) is 19.7. The van der Waals surface area contributed by atoms with E-state index in [9.17, 15) is 43.2 Å². The Morgan fingerprint density at radius 2 is 0.817 bits per heavy atom. The first-order chi connectivity index (χ1) is 44.3. The van der Waals surface area contributed by atoms with Gasteiger partial charge in [-0.15, -0.1) is 6.58 Å². The molecule has 0 amide bonds. The molecule has 508 valence electrons. The first-order valence-electron chi connectivity index (χ1n) is 33.3. The number of rotatable bonds is 15. The van der Waals surface area contributed by atoms with E-state index in [2.05, 4.69) is 13.5 Å². The number of hydrogen-bond acceptors (Lipinski definition) is 21. The minimum Gasteiger partial charge on any atom is -0.472 e. The highest BCUT2D eigenvalue weighted by Gasteiger charge is 2.71. The Hall–Kier alpha value is -6.71. The molecular formula is C72H94O21. The van der Waals surface area contributed by atoms with Crippen molar-refractivity contribution in [1.29, 1.82) is 0 Å². The van der Waals surface area contributed by atoms with Crippen LogP contribution in [-0.2, 0) is 85.8 Å². The lowest BCUT2D eigenvalue weighted by atomic mass is 9.43. The molecule has 6 aliphatic carbocycles. The summed E-state index contributed by atoms with van der Waals surface area (Å²) in [5, 5.41) is 0. The van der Waals surface area contributed by atoms with E-state index in [-0.39, 0.29) is 78.0 Å². The normalized spacial score (nSPS) is 39.9. The van der Waals surface area contributed by atoms with Crippen LogP contribution in [0.15, 0.2) is 81.7 Å². The van der Waals surface area contributed by atoms with Crippen LogP contribution in [0.25, 0.3) is 0 Å². The highest BCUT2D eigenvalue weighted by molar-refractivity contribution is 5.94. The van der Waals surface area contributed by atoms with Crippen LogP contribution in [0.2, 0.25) is 0 Å². The second-order valence-corrected chi connectivity index (χ2v) is 29.1. The third kappa shape index (κ3) is 12.1. The lowest BCUT2D eigenvalue weighted by molar-refractivity contribution is -0.211. The van der Waals surface area contributed by atoms with Gasteiger partial charge in [0.1, 0.15) is 36.6 Å². The van der Waals surface area contributed by atoms with Crippen LogP contribution < -0.4 is 0 Å². The zero-order valence-electron chi connectivity index (χ0n) is 55.7. The maximum Gasteiger partial charge on any atom is 0.310 e. The summed E-state index contributed by atoms with van der Waals surface area (Å²) in [6.07, 6.45) is 15.2. The number of methoxy groups -OCH3 is 3. The Kier molecular flexibility index (Phi) is 20.2. The average Bonchev–Trinajstić information content (AvgIpc) is 0.849. The standard InChI is InChI=1S/C25H34O7.C24H30O7.C23H30O7/c1-5-6-10-31-18-12-17(22(27)29-4)24(2)9-7-16-23(28)32-19(15-8-11-30-14-15)13-25(16,3)21(24)20(18)26;1-5-9-30-17-11-16(21(26)28-4)23(2)8-6-15-22(27)31-18(14-7-10-29-13-14)12-24(15,3)20(23)19(17)25;1-5-29-16-10-15(20(25)27-4)22(2)8-6-14-21(26)30-17(13-7-9-28-12-13)11-23(14,3)19(22)18(16)24/h8,11,14,16-19,21H,5-7,9-10,12-13H2,1-4H3;5,7,10,13,15-18,20H,1,6,8-9,11-12H2,2-4H3;7,9,12,14-17,19H,5-6,8,10-11H2,1-4H3/t16-,17-,18-,19-,21?,24-,25-;15-,16-,17-,18-,20?,23-,24-;14-,15-,16-,17-,19?,22-,23-/m000/s1. The molecule has 21 nitrogen and oxygen atoms in total. The van der Waals surface area contributed by atoms with Crippen molar-refractivity contribution in [3.05, 3.63) is 85.1 Å². The van der Waals surface area contributed by atoms with Gasteiger partial charge in [0.15, 0.2) is 17.3 Å². The summed E-state index contributed by atoms with van der Waals surface area (Å²) in [6.45, 7) is 20.7. The van der Waals surface area contributed by atoms with Crippen molar-refractivity contribution in [2.75, 3.05) is 41.2 Å². The van der Waals surface area contributed by atoms with Crippen molar-refractivity contribution in [2.45, 2.75) is 182 Å². The number of ether oxygens (including phenoxy) is 9.